The molecule has 0 aromatic heterocycles. The highest BCUT2D eigenvalue weighted by Crippen LogP contribution is 2.19. The van der Waals surface area contributed by atoms with E-state index in [2.05, 4.69) is 5.32 Å². The van der Waals surface area contributed by atoms with Crippen molar-refractivity contribution in [3.8, 4) is 5.75 Å². The van der Waals surface area contributed by atoms with Gasteiger partial charge in [-0.05, 0) is 18.6 Å². The quantitative estimate of drug-likeness (QED) is 0.752. The largest absolute Gasteiger partial charge is 0.482 e. The minimum absolute atomic E-state index is 0.0897. The van der Waals surface area contributed by atoms with Crippen LogP contribution in [0.5, 0.6) is 5.75 Å². The maximum atomic E-state index is 12.0. The Bertz CT molecular complexity index is 476. The van der Waals surface area contributed by atoms with Crippen LogP contribution in [0.4, 0.5) is 5.69 Å². The van der Waals surface area contributed by atoms with Crippen molar-refractivity contribution in [1.29, 1.82) is 0 Å². The van der Waals surface area contributed by atoms with Gasteiger partial charge in [0, 0.05) is 13.1 Å². The average Bonchev–Trinajstić information content (AvgIpc) is 2.62. The number of carbonyl (C=O) groups excluding carboxylic acids is 2. The van der Waals surface area contributed by atoms with Gasteiger partial charge in [0.25, 0.3) is 5.91 Å². The van der Waals surface area contributed by atoms with Crippen molar-refractivity contribution in [2.45, 2.75) is 6.42 Å². The zero-order valence-electron chi connectivity index (χ0n) is 10.6. The molecule has 0 radical (unpaired) electrons. The van der Waals surface area contributed by atoms with Gasteiger partial charge in [0.1, 0.15) is 5.75 Å². The Balaban J connectivity index is 1.90. The lowest BCUT2D eigenvalue weighted by atomic mass is 10.3. The normalized spacial score (nSPS) is 15.6. The van der Waals surface area contributed by atoms with Crippen LogP contribution in [0, 0.1) is 0 Å². The number of nitrogens with one attached hydrogen (secondary N) is 1. The summed E-state index contributed by atoms with van der Waals surface area (Å²) in [5.74, 6) is 0.139. The molecular formula is C13H17N3O3. The SMILES string of the molecule is Nc1ccccc1OCC(=O)N1CCCNC(=O)C1. The summed E-state index contributed by atoms with van der Waals surface area (Å²) in [5.41, 5.74) is 6.21. The molecule has 0 saturated carbocycles. The Morgan fingerprint density at radius 3 is 3.00 bits per heavy atom. The molecule has 0 spiro atoms. The molecule has 1 heterocycles. The molecule has 6 nitrogen and oxygen atoms in total. The third-order valence-electron chi connectivity index (χ3n) is 2.88. The van der Waals surface area contributed by atoms with Gasteiger partial charge in [-0.15, -0.1) is 0 Å². The topological polar surface area (TPSA) is 84.7 Å². The maximum absolute atomic E-state index is 12.0. The zero-order valence-corrected chi connectivity index (χ0v) is 10.6. The third kappa shape index (κ3) is 3.61. The third-order valence-corrected chi connectivity index (χ3v) is 2.88. The molecule has 1 aliphatic rings. The number of amides is 2. The Morgan fingerprint density at radius 2 is 2.21 bits per heavy atom. The van der Waals surface area contributed by atoms with Crippen LogP contribution in [0.3, 0.4) is 0 Å². The van der Waals surface area contributed by atoms with Crippen molar-refractivity contribution in [1.82, 2.24) is 10.2 Å². The summed E-state index contributed by atoms with van der Waals surface area (Å²) in [6.45, 7) is 1.15. The number of anilines is 1. The van der Waals surface area contributed by atoms with Gasteiger partial charge in [-0.2, -0.15) is 0 Å². The minimum Gasteiger partial charge on any atom is -0.482 e. The highest BCUT2D eigenvalue weighted by atomic mass is 16.5. The summed E-state index contributed by atoms with van der Waals surface area (Å²) >= 11 is 0. The van der Waals surface area contributed by atoms with E-state index in [0.29, 0.717) is 24.5 Å². The molecule has 19 heavy (non-hydrogen) atoms. The van der Waals surface area contributed by atoms with E-state index in [1.54, 1.807) is 24.3 Å². The van der Waals surface area contributed by atoms with E-state index in [9.17, 15) is 9.59 Å². The van der Waals surface area contributed by atoms with Crippen molar-refractivity contribution in [2.24, 2.45) is 0 Å². The van der Waals surface area contributed by atoms with Crippen molar-refractivity contribution in [3.63, 3.8) is 0 Å². The number of ether oxygens (including phenoxy) is 1. The monoisotopic (exact) mass is 263 g/mol. The van der Waals surface area contributed by atoms with E-state index in [-0.39, 0.29) is 25.0 Å². The second-order valence-corrected chi connectivity index (χ2v) is 4.35. The lowest BCUT2D eigenvalue weighted by Crippen LogP contribution is -2.39. The van der Waals surface area contributed by atoms with E-state index in [0.717, 1.165) is 6.42 Å². The van der Waals surface area contributed by atoms with Gasteiger partial charge in [-0.1, -0.05) is 12.1 Å². The van der Waals surface area contributed by atoms with Gasteiger partial charge in [-0.25, -0.2) is 0 Å². The van der Waals surface area contributed by atoms with Crippen LogP contribution in [0.25, 0.3) is 0 Å². The summed E-state index contributed by atoms with van der Waals surface area (Å²) < 4.78 is 5.38. The van der Waals surface area contributed by atoms with Crippen LogP contribution < -0.4 is 15.8 Å². The number of benzene rings is 1. The number of para-hydroxylation sites is 2. The molecule has 3 N–H and O–H groups in total. The molecule has 2 amide bonds. The first kappa shape index (κ1) is 13.2. The van der Waals surface area contributed by atoms with Crippen LogP contribution in [-0.4, -0.2) is 43.0 Å². The molecular weight excluding hydrogens is 246 g/mol. The molecule has 6 heteroatoms. The van der Waals surface area contributed by atoms with Crippen LogP contribution >= 0.6 is 0 Å². The molecule has 0 unspecified atom stereocenters. The van der Waals surface area contributed by atoms with E-state index < -0.39 is 0 Å². The zero-order chi connectivity index (χ0) is 13.7. The number of nitrogens with zero attached hydrogens (tertiary/aromatic N) is 1. The van der Waals surface area contributed by atoms with Crippen LogP contribution in [0.15, 0.2) is 24.3 Å². The number of hydrogen-bond donors (Lipinski definition) is 2. The summed E-state index contributed by atoms with van der Waals surface area (Å²) in [6.07, 6.45) is 0.755. The average molecular weight is 263 g/mol. The Hall–Kier alpha value is -2.24. The van der Waals surface area contributed by atoms with Crippen molar-refractivity contribution < 1.29 is 14.3 Å². The maximum Gasteiger partial charge on any atom is 0.260 e. The summed E-state index contributed by atoms with van der Waals surface area (Å²) in [7, 11) is 0. The fraction of sp³-hybridized carbons (Fsp3) is 0.385. The van der Waals surface area contributed by atoms with Gasteiger partial charge in [0.15, 0.2) is 6.61 Å². The van der Waals surface area contributed by atoms with Gasteiger partial charge in [0.05, 0.1) is 12.2 Å². The van der Waals surface area contributed by atoms with Crippen molar-refractivity contribution >= 4 is 17.5 Å². The standard InChI is InChI=1S/C13H17N3O3/c14-10-4-1-2-5-11(10)19-9-13(18)16-7-3-6-15-12(17)8-16/h1-2,4-5H,3,6-9,14H2,(H,15,17). The van der Waals surface area contributed by atoms with Crippen molar-refractivity contribution in [3.05, 3.63) is 24.3 Å². The molecule has 0 atom stereocenters. The Kier molecular flexibility index (Phi) is 4.22. The van der Waals surface area contributed by atoms with Gasteiger partial charge < -0.3 is 20.7 Å². The summed E-state index contributed by atoms with van der Waals surface area (Å²) in [4.78, 5) is 24.8. The van der Waals surface area contributed by atoms with Crippen molar-refractivity contribution in [2.75, 3.05) is 32.0 Å². The molecule has 0 bridgehead atoms. The van der Waals surface area contributed by atoms with E-state index in [1.807, 2.05) is 0 Å². The molecule has 0 aliphatic carbocycles. The summed E-state index contributed by atoms with van der Waals surface area (Å²) in [5, 5.41) is 2.72. The highest BCUT2D eigenvalue weighted by Gasteiger charge is 2.20. The molecule has 2 rings (SSSR count). The fourth-order valence-corrected chi connectivity index (χ4v) is 1.86. The van der Waals surface area contributed by atoms with Gasteiger partial charge >= 0.3 is 0 Å². The van der Waals surface area contributed by atoms with Gasteiger partial charge in [-0.3, -0.25) is 9.59 Å². The predicted molar refractivity (Wildman–Crippen MR) is 70.6 cm³/mol. The molecule has 102 valence electrons. The smallest absolute Gasteiger partial charge is 0.260 e. The van der Waals surface area contributed by atoms with E-state index in [1.165, 1.54) is 4.90 Å². The predicted octanol–water partition coefficient (Wildman–Crippen LogP) is -0.00390. The van der Waals surface area contributed by atoms with Crippen LogP contribution in [0.2, 0.25) is 0 Å². The Morgan fingerprint density at radius 1 is 1.42 bits per heavy atom. The molecule has 1 fully saturated rings. The minimum atomic E-state index is -0.208. The number of nitrogen functional groups attached to an aromatic ring is 1. The van der Waals surface area contributed by atoms with Gasteiger partial charge in [0.2, 0.25) is 5.91 Å². The van der Waals surface area contributed by atoms with Crippen LogP contribution in [0.1, 0.15) is 6.42 Å². The first-order valence-corrected chi connectivity index (χ1v) is 6.18. The number of nitrogens with two attached hydrogens (primary N) is 1. The molecule has 1 saturated heterocycles. The second kappa shape index (κ2) is 6.08. The highest BCUT2D eigenvalue weighted by molar-refractivity contribution is 5.85. The lowest BCUT2D eigenvalue weighted by Gasteiger charge is -2.19. The van der Waals surface area contributed by atoms with E-state index in [4.69, 9.17) is 10.5 Å². The summed E-state index contributed by atoms with van der Waals surface area (Å²) in [6, 6.07) is 7.00. The fourth-order valence-electron chi connectivity index (χ4n) is 1.86. The molecule has 1 aliphatic heterocycles. The molecule has 1 aromatic rings. The number of carbonyl (C=O) groups is 2. The lowest BCUT2D eigenvalue weighted by molar-refractivity contribution is -0.136. The first-order chi connectivity index (χ1) is 9.16. The first-order valence-electron chi connectivity index (χ1n) is 6.18. The molecule has 1 aromatic carbocycles. The van der Waals surface area contributed by atoms with Crippen LogP contribution in [-0.2, 0) is 9.59 Å². The Labute approximate surface area is 111 Å². The number of rotatable bonds is 3. The van der Waals surface area contributed by atoms with E-state index >= 15 is 0 Å². The number of hydrogen-bond acceptors (Lipinski definition) is 4. The second-order valence-electron chi connectivity index (χ2n) is 4.35.